The monoisotopic (exact) mass is 262 g/mol. The van der Waals surface area contributed by atoms with Gasteiger partial charge in [-0.05, 0) is 31.6 Å². The van der Waals surface area contributed by atoms with Crippen molar-refractivity contribution in [1.82, 2.24) is 8.61 Å². The van der Waals surface area contributed by atoms with Crippen LogP contribution in [0.1, 0.15) is 25.7 Å². The second kappa shape index (κ2) is 4.55. The molecule has 1 saturated carbocycles. The van der Waals surface area contributed by atoms with Gasteiger partial charge in [0.25, 0.3) is 10.2 Å². The predicted molar refractivity (Wildman–Crippen MR) is 61.6 cm³/mol. The molecule has 0 radical (unpaired) electrons. The Balaban J connectivity index is 2.10. The van der Waals surface area contributed by atoms with Crippen LogP contribution < -0.4 is 0 Å². The van der Waals surface area contributed by atoms with E-state index >= 15 is 0 Å². The summed E-state index contributed by atoms with van der Waals surface area (Å²) in [5.41, 5.74) is 0. The van der Waals surface area contributed by atoms with Crippen LogP contribution in [0.25, 0.3) is 0 Å². The number of hydrogen-bond acceptors (Lipinski definition) is 3. The molecule has 1 saturated heterocycles. The summed E-state index contributed by atoms with van der Waals surface area (Å²) in [6, 6.07) is -0.887. The smallest absolute Gasteiger partial charge is 0.322 e. The molecule has 0 aromatic carbocycles. The maximum atomic E-state index is 12.2. The molecule has 2 aliphatic rings. The molecule has 98 valence electrons. The Morgan fingerprint density at radius 3 is 2.59 bits per heavy atom. The van der Waals surface area contributed by atoms with Gasteiger partial charge in [0.05, 0.1) is 0 Å². The summed E-state index contributed by atoms with van der Waals surface area (Å²) in [5, 5.41) is 9.00. The van der Waals surface area contributed by atoms with Gasteiger partial charge in [0.1, 0.15) is 6.04 Å². The second-order valence-electron chi connectivity index (χ2n) is 4.84. The first-order valence-electron chi connectivity index (χ1n) is 5.89. The molecule has 1 N–H and O–H groups in total. The van der Waals surface area contributed by atoms with Gasteiger partial charge in [-0.25, -0.2) is 0 Å². The van der Waals surface area contributed by atoms with Gasteiger partial charge in [0.15, 0.2) is 0 Å². The molecule has 0 aromatic heterocycles. The van der Waals surface area contributed by atoms with Crippen molar-refractivity contribution in [2.45, 2.75) is 31.7 Å². The molecule has 7 heteroatoms. The zero-order chi connectivity index (χ0) is 12.6. The number of hydrogen-bond donors (Lipinski definition) is 1. The van der Waals surface area contributed by atoms with Crippen LogP contribution in [0.2, 0.25) is 0 Å². The van der Waals surface area contributed by atoms with Gasteiger partial charge in [-0.1, -0.05) is 0 Å². The van der Waals surface area contributed by atoms with Gasteiger partial charge in [-0.3, -0.25) is 4.79 Å². The summed E-state index contributed by atoms with van der Waals surface area (Å²) in [6.45, 7) is 0.819. The third-order valence-electron chi connectivity index (χ3n) is 3.39. The third kappa shape index (κ3) is 2.61. The van der Waals surface area contributed by atoms with Crippen LogP contribution >= 0.6 is 0 Å². The van der Waals surface area contributed by atoms with E-state index in [1.54, 1.807) is 0 Å². The molecule has 1 aliphatic heterocycles. The van der Waals surface area contributed by atoms with Crippen molar-refractivity contribution < 1.29 is 18.3 Å². The quantitative estimate of drug-likeness (QED) is 0.763. The maximum Gasteiger partial charge on any atom is 0.322 e. The van der Waals surface area contributed by atoms with Crippen molar-refractivity contribution >= 4 is 16.2 Å². The molecule has 2 rings (SSSR count). The Kier molecular flexibility index (Phi) is 3.42. The van der Waals surface area contributed by atoms with Crippen molar-refractivity contribution in [3.05, 3.63) is 0 Å². The second-order valence-corrected chi connectivity index (χ2v) is 6.83. The number of rotatable bonds is 5. The van der Waals surface area contributed by atoms with Gasteiger partial charge in [0, 0.05) is 20.1 Å². The van der Waals surface area contributed by atoms with Crippen LogP contribution in [0.3, 0.4) is 0 Å². The molecule has 6 nitrogen and oxygen atoms in total. The van der Waals surface area contributed by atoms with Crippen LogP contribution in [-0.2, 0) is 15.0 Å². The minimum Gasteiger partial charge on any atom is -0.480 e. The molecule has 0 amide bonds. The van der Waals surface area contributed by atoms with E-state index in [2.05, 4.69) is 0 Å². The highest BCUT2D eigenvalue weighted by atomic mass is 32.2. The fraction of sp³-hybridized carbons (Fsp3) is 0.900. The lowest BCUT2D eigenvalue weighted by atomic mass is 10.2. The molecule has 2 fully saturated rings. The fourth-order valence-corrected chi connectivity index (χ4v) is 3.83. The molecule has 17 heavy (non-hydrogen) atoms. The number of carboxylic acid groups (broad SMARTS) is 1. The van der Waals surface area contributed by atoms with E-state index in [0.717, 1.165) is 17.1 Å². The molecule has 1 heterocycles. The fourth-order valence-electron chi connectivity index (χ4n) is 2.20. The number of carbonyl (C=O) groups is 1. The summed E-state index contributed by atoms with van der Waals surface area (Å²) < 4.78 is 26.8. The van der Waals surface area contributed by atoms with Gasteiger partial charge >= 0.3 is 5.97 Å². The van der Waals surface area contributed by atoms with Crippen molar-refractivity contribution in [2.75, 3.05) is 20.1 Å². The highest BCUT2D eigenvalue weighted by molar-refractivity contribution is 7.86. The predicted octanol–water partition coefficient (Wildman–Crippen LogP) is 0.122. The van der Waals surface area contributed by atoms with Crippen molar-refractivity contribution in [3.63, 3.8) is 0 Å². The molecule has 0 spiro atoms. The lowest BCUT2D eigenvalue weighted by Gasteiger charge is -2.26. The van der Waals surface area contributed by atoms with E-state index in [-0.39, 0.29) is 0 Å². The van der Waals surface area contributed by atoms with Gasteiger partial charge < -0.3 is 5.11 Å². The lowest BCUT2D eigenvalue weighted by molar-refractivity contribution is -0.140. The van der Waals surface area contributed by atoms with Crippen molar-refractivity contribution in [2.24, 2.45) is 5.92 Å². The number of nitrogens with zero attached hydrogens (tertiary/aromatic N) is 2. The SMILES string of the molecule is CN(CC1CC1)S(=O)(=O)N1CCC[C@@H]1C(=O)O. The molecule has 0 unspecified atom stereocenters. The topological polar surface area (TPSA) is 77.9 Å². The normalized spacial score (nSPS) is 26.6. The van der Waals surface area contributed by atoms with E-state index in [4.69, 9.17) is 5.11 Å². The van der Waals surface area contributed by atoms with E-state index in [0.29, 0.717) is 31.8 Å². The van der Waals surface area contributed by atoms with Gasteiger partial charge in [-0.2, -0.15) is 17.0 Å². The highest BCUT2D eigenvalue weighted by Crippen LogP contribution is 2.31. The number of carboxylic acids is 1. The van der Waals surface area contributed by atoms with Gasteiger partial charge in [-0.15, -0.1) is 0 Å². The minimum absolute atomic E-state index is 0.314. The molecule has 1 aliphatic carbocycles. The van der Waals surface area contributed by atoms with Crippen LogP contribution in [-0.4, -0.2) is 54.3 Å². The summed E-state index contributed by atoms with van der Waals surface area (Å²) in [4.78, 5) is 11.0. The lowest BCUT2D eigenvalue weighted by Crippen LogP contribution is -2.47. The van der Waals surface area contributed by atoms with E-state index in [9.17, 15) is 13.2 Å². The summed E-state index contributed by atoms with van der Waals surface area (Å²) in [6.07, 6.45) is 3.17. The third-order valence-corrected chi connectivity index (χ3v) is 5.36. The summed E-state index contributed by atoms with van der Waals surface area (Å²) in [5.74, 6) is -0.591. The van der Waals surface area contributed by atoms with E-state index in [1.165, 1.54) is 11.4 Å². The average Bonchev–Trinajstić information content (AvgIpc) is 2.91. The molecule has 1 atom stereocenters. The first-order chi connectivity index (χ1) is 7.93. The minimum atomic E-state index is -3.60. The number of aliphatic carboxylic acids is 1. The first kappa shape index (κ1) is 12.8. The zero-order valence-corrected chi connectivity index (χ0v) is 10.7. The zero-order valence-electron chi connectivity index (χ0n) is 9.87. The van der Waals surface area contributed by atoms with E-state index in [1.807, 2.05) is 0 Å². The molecule has 0 bridgehead atoms. The van der Waals surface area contributed by atoms with E-state index < -0.39 is 22.2 Å². The standard InChI is InChI=1S/C10H18N2O4S/c1-11(7-8-4-5-8)17(15,16)12-6-2-3-9(12)10(13)14/h8-9H,2-7H2,1H3,(H,13,14)/t9-/m1/s1. The summed E-state index contributed by atoms with van der Waals surface area (Å²) in [7, 11) is -2.07. The Morgan fingerprint density at radius 2 is 2.06 bits per heavy atom. The van der Waals surface area contributed by atoms with Crippen molar-refractivity contribution in [1.29, 1.82) is 0 Å². The highest BCUT2D eigenvalue weighted by Gasteiger charge is 2.41. The Morgan fingerprint density at radius 1 is 1.41 bits per heavy atom. The average molecular weight is 262 g/mol. The van der Waals surface area contributed by atoms with Crippen LogP contribution in [0.4, 0.5) is 0 Å². The first-order valence-corrected chi connectivity index (χ1v) is 7.28. The van der Waals surface area contributed by atoms with Gasteiger partial charge in [0.2, 0.25) is 0 Å². The van der Waals surface area contributed by atoms with Crippen molar-refractivity contribution in [3.8, 4) is 0 Å². The van der Waals surface area contributed by atoms with Crippen LogP contribution in [0, 0.1) is 5.92 Å². The largest absolute Gasteiger partial charge is 0.480 e. The Labute approximate surface area is 101 Å². The Bertz CT molecular complexity index is 405. The maximum absolute atomic E-state index is 12.2. The molecular weight excluding hydrogens is 244 g/mol. The Hall–Kier alpha value is -0.660. The van der Waals surface area contributed by atoms with Crippen LogP contribution in [0.5, 0.6) is 0 Å². The molecular formula is C10H18N2O4S. The van der Waals surface area contributed by atoms with Crippen LogP contribution in [0.15, 0.2) is 0 Å². The summed E-state index contributed by atoms with van der Waals surface area (Å²) >= 11 is 0. The molecule has 0 aromatic rings.